The van der Waals surface area contributed by atoms with E-state index in [0.29, 0.717) is 19.3 Å². The third-order valence-electron chi connectivity index (χ3n) is 5.82. The standard InChI is InChI=1S/C22H40O5/c1-3-4-13-22(2,27)14-9-12-19-18(20(25)15-21(19)26)11-8-6-5-7-10-17(24)16-23/h9,12,18-21,23,25-27H,3-8,10-11,13-16H2,1-2H3/b12-9+/t18-,19-,20+,21-,22?/m1/s1. The van der Waals surface area contributed by atoms with Crippen molar-refractivity contribution in [3.05, 3.63) is 12.2 Å². The minimum atomic E-state index is -0.712. The molecule has 5 nitrogen and oxygen atoms in total. The van der Waals surface area contributed by atoms with Crippen molar-refractivity contribution in [1.29, 1.82) is 0 Å². The summed E-state index contributed by atoms with van der Waals surface area (Å²) in [5, 5.41) is 39.7. The highest BCUT2D eigenvalue weighted by Crippen LogP contribution is 2.37. The molecule has 158 valence electrons. The van der Waals surface area contributed by atoms with Crippen molar-refractivity contribution in [1.82, 2.24) is 0 Å². The van der Waals surface area contributed by atoms with E-state index < -0.39 is 17.8 Å². The molecule has 0 amide bonds. The van der Waals surface area contributed by atoms with Crippen molar-refractivity contribution >= 4 is 5.78 Å². The summed E-state index contributed by atoms with van der Waals surface area (Å²) in [5.41, 5.74) is -0.712. The Morgan fingerprint density at radius 1 is 1.11 bits per heavy atom. The Morgan fingerprint density at radius 2 is 1.81 bits per heavy atom. The normalized spacial score (nSPS) is 27.9. The van der Waals surface area contributed by atoms with Gasteiger partial charge in [-0.05, 0) is 38.5 Å². The molecule has 0 aliphatic heterocycles. The highest BCUT2D eigenvalue weighted by molar-refractivity contribution is 5.79. The van der Waals surface area contributed by atoms with E-state index in [1.807, 2.05) is 19.1 Å². The topological polar surface area (TPSA) is 98.0 Å². The molecule has 0 spiro atoms. The zero-order chi connectivity index (χ0) is 20.3. The minimum Gasteiger partial charge on any atom is -0.393 e. The molecule has 0 heterocycles. The number of aliphatic hydroxyl groups is 4. The van der Waals surface area contributed by atoms with Crippen LogP contribution >= 0.6 is 0 Å². The van der Waals surface area contributed by atoms with E-state index in [2.05, 4.69) is 6.92 Å². The van der Waals surface area contributed by atoms with E-state index in [9.17, 15) is 20.1 Å². The van der Waals surface area contributed by atoms with Crippen molar-refractivity contribution in [2.24, 2.45) is 11.8 Å². The van der Waals surface area contributed by atoms with Crippen LogP contribution in [0.25, 0.3) is 0 Å². The largest absolute Gasteiger partial charge is 0.393 e. The second kappa shape index (κ2) is 12.7. The molecule has 5 heteroatoms. The van der Waals surface area contributed by atoms with Crippen LogP contribution in [0.3, 0.4) is 0 Å². The van der Waals surface area contributed by atoms with Gasteiger partial charge in [0.05, 0.1) is 17.8 Å². The van der Waals surface area contributed by atoms with Gasteiger partial charge in [-0.15, -0.1) is 0 Å². The molecular formula is C22H40O5. The van der Waals surface area contributed by atoms with E-state index in [0.717, 1.165) is 51.4 Å². The highest BCUT2D eigenvalue weighted by atomic mass is 16.3. The van der Waals surface area contributed by atoms with Crippen LogP contribution in [0.4, 0.5) is 0 Å². The van der Waals surface area contributed by atoms with Gasteiger partial charge in [-0.3, -0.25) is 4.79 Å². The number of carbonyl (C=O) groups is 1. The third kappa shape index (κ3) is 9.33. The molecule has 1 rings (SSSR count). The number of rotatable bonds is 14. The van der Waals surface area contributed by atoms with Gasteiger partial charge in [-0.2, -0.15) is 0 Å². The molecule has 27 heavy (non-hydrogen) atoms. The summed E-state index contributed by atoms with van der Waals surface area (Å²) in [6, 6.07) is 0. The van der Waals surface area contributed by atoms with Crippen LogP contribution in [0.2, 0.25) is 0 Å². The summed E-state index contributed by atoms with van der Waals surface area (Å²) in [5.74, 6) is -0.113. The number of ketones is 1. The van der Waals surface area contributed by atoms with E-state index in [4.69, 9.17) is 5.11 Å². The van der Waals surface area contributed by atoms with Crippen LogP contribution in [0.5, 0.6) is 0 Å². The number of unbranched alkanes of at least 4 members (excludes halogenated alkanes) is 4. The molecule has 0 aromatic carbocycles. The summed E-state index contributed by atoms with van der Waals surface area (Å²) >= 11 is 0. The Balaban J connectivity index is 2.41. The van der Waals surface area contributed by atoms with Crippen molar-refractivity contribution in [3.63, 3.8) is 0 Å². The van der Waals surface area contributed by atoms with Crippen molar-refractivity contribution in [2.75, 3.05) is 6.61 Å². The zero-order valence-corrected chi connectivity index (χ0v) is 17.1. The number of hydrogen-bond donors (Lipinski definition) is 4. The third-order valence-corrected chi connectivity index (χ3v) is 5.82. The minimum absolute atomic E-state index is 0.0518. The first-order valence-corrected chi connectivity index (χ1v) is 10.7. The fourth-order valence-corrected chi connectivity index (χ4v) is 4.05. The van der Waals surface area contributed by atoms with Gasteiger partial charge < -0.3 is 20.4 Å². The molecule has 1 aliphatic carbocycles. The first kappa shape index (κ1) is 24.3. The molecule has 4 N–H and O–H groups in total. The average Bonchev–Trinajstić information content (AvgIpc) is 2.89. The summed E-state index contributed by atoms with van der Waals surface area (Å²) in [7, 11) is 0. The Bertz CT molecular complexity index is 446. The van der Waals surface area contributed by atoms with Gasteiger partial charge in [0.15, 0.2) is 5.78 Å². The van der Waals surface area contributed by atoms with Gasteiger partial charge in [0, 0.05) is 18.8 Å². The second-order valence-corrected chi connectivity index (χ2v) is 8.49. The summed E-state index contributed by atoms with van der Waals surface area (Å²) in [6.45, 7) is 3.59. The molecule has 1 aliphatic rings. The van der Waals surface area contributed by atoms with Gasteiger partial charge in [-0.25, -0.2) is 0 Å². The molecule has 0 aromatic heterocycles. The van der Waals surface area contributed by atoms with Crippen LogP contribution in [0.1, 0.15) is 84.5 Å². The van der Waals surface area contributed by atoms with Crippen molar-refractivity contribution in [3.8, 4) is 0 Å². The summed E-state index contributed by atoms with van der Waals surface area (Å²) in [4.78, 5) is 11.1. The lowest BCUT2D eigenvalue weighted by atomic mass is 9.87. The predicted molar refractivity (Wildman–Crippen MR) is 107 cm³/mol. The number of carbonyl (C=O) groups excluding carboxylic acids is 1. The Hall–Kier alpha value is -0.750. The first-order valence-electron chi connectivity index (χ1n) is 10.7. The fraction of sp³-hybridized carbons (Fsp3) is 0.864. The van der Waals surface area contributed by atoms with E-state index >= 15 is 0 Å². The number of aliphatic hydroxyl groups excluding tert-OH is 3. The maximum atomic E-state index is 11.1. The van der Waals surface area contributed by atoms with Gasteiger partial charge >= 0.3 is 0 Å². The summed E-state index contributed by atoms with van der Waals surface area (Å²) < 4.78 is 0. The molecular weight excluding hydrogens is 344 g/mol. The molecule has 0 saturated heterocycles. The molecule has 1 fully saturated rings. The Kier molecular flexibility index (Phi) is 11.4. The monoisotopic (exact) mass is 384 g/mol. The Labute approximate surface area is 164 Å². The van der Waals surface area contributed by atoms with Crippen LogP contribution in [-0.4, -0.2) is 50.6 Å². The van der Waals surface area contributed by atoms with Crippen LogP contribution in [-0.2, 0) is 4.79 Å². The zero-order valence-electron chi connectivity index (χ0n) is 17.1. The molecule has 1 unspecified atom stereocenters. The molecule has 1 saturated carbocycles. The lowest BCUT2D eigenvalue weighted by Gasteiger charge is -2.23. The van der Waals surface area contributed by atoms with Gasteiger partial charge in [0.2, 0.25) is 0 Å². The summed E-state index contributed by atoms with van der Waals surface area (Å²) in [6.07, 6.45) is 11.7. The quantitative estimate of drug-likeness (QED) is 0.272. The smallest absolute Gasteiger partial charge is 0.158 e. The lowest BCUT2D eigenvalue weighted by Crippen LogP contribution is -2.23. The van der Waals surface area contributed by atoms with E-state index in [-0.39, 0.29) is 24.2 Å². The maximum absolute atomic E-state index is 11.1. The van der Waals surface area contributed by atoms with Gasteiger partial charge in [0.25, 0.3) is 0 Å². The van der Waals surface area contributed by atoms with Crippen LogP contribution in [0, 0.1) is 11.8 Å². The predicted octanol–water partition coefficient (Wildman–Crippen LogP) is 3.13. The molecule has 0 bridgehead atoms. The van der Waals surface area contributed by atoms with E-state index in [1.54, 1.807) is 0 Å². The molecule has 5 atom stereocenters. The first-order chi connectivity index (χ1) is 12.8. The van der Waals surface area contributed by atoms with Gasteiger partial charge in [-0.1, -0.05) is 51.2 Å². The number of hydrogen-bond acceptors (Lipinski definition) is 5. The van der Waals surface area contributed by atoms with Gasteiger partial charge in [0.1, 0.15) is 6.61 Å². The van der Waals surface area contributed by atoms with Crippen molar-refractivity contribution < 1.29 is 25.2 Å². The van der Waals surface area contributed by atoms with Crippen molar-refractivity contribution in [2.45, 2.75) is 102 Å². The average molecular weight is 385 g/mol. The van der Waals surface area contributed by atoms with Crippen LogP contribution in [0.15, 0.2) is 12.2 Å². The van der Waals surface area contributed by atoms with E-state index in [1.165, 1.54) is 0 Å². The molecule has 0 radical (unpaired) electrons. The number of Topliss-reactive ketones (excluding diaryl/α,β-unsaturated/α-hetero) is 1. The SMILES string of the molecule is CCCCC(C)(O)C/C=C/[C@@H]1[C@@H](CCCCCCC(=O)CO)[C@@H](O)C[C@H]1O. The Morgan fingerprint density at radius 3 is 2.48 bits per heavy atom. The fourth-order valence-electron chi connectivity index (χ4n) is 4.05. The lowest BCUT2D eigenvalue weighted by molar-refractivity contribution is -0.121. The highest BCUT2D eigenvalue weighted by Gasteiger charge is 2.39. The molecule has 0 aromatic rings. The maximum Gasteiger partial charge on any atom is 0.158 e. The van der Waals surface area contributed by atoms with Crippen LogP contribution < -0.4 is 0 Å². The second-order valence-electron chi connectivity index (χ2n) is 8.49.